The largest absolute Gasteiger partial charge is 0.292 e. The molecule has 0 amide bonds. The van der Waals surface area contributed by atoms with Crippen molar-refractivity contribution in [2.75, 3.05) is 13.1 Å². The van der Waals surface area contributed by atoms with Gasteiger partial charge in [-0.3, -0.25) is 9.58 Å². The topological polar surface area (TPSA) is 21.1 Å². The Labute approximate surface area is 89.2 Å². The predicted octanol–water partition coefficient (Wildman–Crippen LogP) is 1.79. The molecule has 0 aliphatic carbocycles. The highest BCUT2D eigenvalue weighted by atomic mass is 19.1. The summed E-state index contributed by atoms with van der Waals surface area (Å²) in [6, 6.07) is 0. The molecule has 3 nitrogen and oxygen atoms in total. The van der Waals surface area contributed by atoms with Gasteiger partial charge in [0.05, 0.1) is 12.2 Å². The van der Waals surface area contributed by atoms with Crippen molar-refractivity contribution in [3.8, 4) is 0 Å². The summed E-state index contributed by atoms with van der Waals surface area (Å²) in [4.78, 5) is 2.11. The van der Waals surface area contributed by atoms with E-state index in [4.69, 9.17) is 0 Å². The van der Waals surface area contributed by atoms with Crippen molar-refractivity contribution >= 4 is 0 Å². The van der Waals surface area contributed by atoms with Crippen LogP contribution in [0.4, 0.5) is 4.39 Å². The van der Waals surface area contributed by atoms with Crippen LogP contribution in [0.15, 0.2) is 18.1 Å². The fourth-order valence-electron chi connectivity index (χ4n) is 1.94. The SMILES string of the molecule is Cc1nn(C)cc1CN1CCC=C(F)C1. The van der Waals surface area contributed by atoms with Gasteiger partial charge in [0.2, 0.25) is 0 Å². The summed E-state index contributed by atoms with van der Waals surface area (Å²) in [6.07, 6.45) is 4.49. The first-order chi connectivity index (χ1) is 7.15. The van der Waals surface area contributed by atoms with E-state index in [1.54, 1.807) is 10.8 Å². The third-order valence-corrected chi connectivity index (χ3v) is 2.69. The third-order valence-electron chi connectivity index (χ3n) is 2.69. The minimum absolute atomic E-state index is 0.0113. The van der Waals surface area contributed by atoms with E-state index >= 15 is 0 Å². The van der Waals surface area contributed by atoms with Gasteiger partial charge in [-0.1, -0.05) is 6.08 Å². The number of halogens is 1. The van der Waals surface area contributed by atoms with Crippen molar-refractivity contribution in [1.82, 2.24) is 14.7 Å². The van der Waals surface area contributed by atoms with Gasteiger partial charge in [0, 0.05) is 31.9 Å². The van der Waals surface area contributed by atoms with Gasteiger partial charge in [-0.15, -0.1) is 0 Å². The smallest absolute Gasteiger partial charge is 0.110 e. The van der Waals surface area contributed by atoms with E-state index in [0.717, 1.165) is 25.2 Å². The van der Waals surface area contributed by atoms with Gasteiger partial charge in [0.15, 0.2) is 0 Å². The third kappa shape index (κ3) is 2.45. The average molecular weight is 209 g/mol. The molecule has 1 aliphatic rings. The van der Waals surface area contributed by atoms with Gasteiger partial charge < -0.3 is 0 Å². The summed E-state index contributed by atoms with van der Waals surface area (Å²) in [5.74, 6) is -0.0113. The van der Waals surface area contributed by atoms with Gasteiger partial charge in [-0.25, -0.2) is 4.39 Å². The maximum Gasteiger partial charge on any atom is 0.110 e. The number of hydrogen-bond acceptors (Lipinski definition) is 2. The van der Waals surface area contributed by atoms with Gasteiger partial charge in [0.25, 0.3) is 0 Å². The Morgan fingerprint density at radius 3 is 2.93 bits per heavy atom. The van der Waals surface area contributed by atoms with Crippen LogP contribution in [0.3, 0.4) is 0 Å². The molecule has 0 radical (unpaired) electrons. The van der Waals surface area contributed by atoms with E-state index in [0.29, 0.717) is 6.54 Å². The molecule has 82 valence electrons. The molecule has 0 saturated heterocycles. The number of rotatable bonds is 2. The van der Waals surface area contributed by atoms with Crippen LogP contribution in [0, 0.1) is 6.92 Å². The highest BCUT2D eigenvalue weighted by Crippen LogP contribution is 2.15. The van der Waals surface area contributed by atoms with Crippen molar-refractivity contribution < 1.29 is 4.39 Å². The first-order valence-corrected chi connectivity index (χ1v) is 5.21. The van der Waals surface area contributed by atoms with Crippen LogP contribution in [0.25, 0.3) is 0 Å². The molecule has 15 heavy (non-hydrogen) atoms. The van der Waals surface area contributed by atoms with Gasteiger partial charge in [-0.05, 0) is 13.3 Å². The highest BCUT2D eigenvalue weighted by Gasteiger charge is 2.14. The van der Waals surface area contributed by atoms with Crippen LogP contribution in [-0.2, 0) is 13.6 Å². The second kappa shape index (κ2) is 4.14. The highest BCUT2D eigenvalue weighted by molar-refractivity contribution is 5.15. The monoisotopic (exact) mass is 209 g/mol. The molecule has 0 spiro atoms. The standard InChI is InChI=1S/C11H16FN3/c1-9-10(6-14(2)13-9)7-15-5-3-4-11(12)8-15/h4,6H,3,5,7-8H2,1-2H3. The molecule has 0 bridgehead atoms. The molecular weight excluding hydrogens is 193 g/mol. The fourth-order valence-corrected chi connectivity index (χ4v) is 1.94. The predicted molar refractivity (Wildman–Crippen MR) is 57.0 cm³/mol. The Kier molecular flexibility index (Phi) is 2.86. The zero-order valence-electron chi connectivity index (χ0n) is 9.20. The first-order valence-electron chi connectivity index (χ1n) is 5.21. The molecule has 1 aromatic rings. The van der Waals surface area contributed by atoms with E-state index in [2.05, 4.69) is 10.00 Å². The van der Waals surface area contributed by atoms with Gasteiger partial charge in [0.1, 0.15) is 5.83 Å². The van der Waals surface area contributed by atoms with E-state index in [1.165, 1.54) is 5.56 Å². The zero-order valence-corrected chi connectivity index (χ0v) is 9.20. The maximum absolute atomic E-state index is 13.0. The lowest BCUT2D eigenvalue weighted by Gasteiger charge is -2.23. The summed E-state index contributed by atoms with van der Waals surface area (Å²) in [5, 5.41) is 4.28. The van der Waals surface area contributed by atoms with Crippen molar-refractivity contribution in [1.29, 1.82) is 0 Å². The Bertz CT molecular complexity index is 381. The van der Waals surface area contributed by atoms with Crippen LogP contribution in [0.2, 0.25) is 0 Å². The molecule has 0 N–H and O–H groups in total. The van der Waals surface area contributed by atoms with Crippen LogP contribution in [0.1, 0.15) is 17.7 Å². The molecule has 1 aliphatic heterocycles. The number of aromatic nitrogens is 2. The van der Waals surface area contributed by atoms with E-state index in [1.807, 2.05) is 20.2 Å². The van der Waals surface area contributed by atoms with Crippen LogP contribution < -0.4 is 0 Å². The Balaban J connectivity index is 2.03. The molecule has 0 unspecified atom stereocenters. The molecule has 0 aromatic carbocycles. The van der Waals surface area contributed by atoms with Crippen LogP contribution in [-0.4, -0.2) is 27.8 Å². The summed E-state index contributed by atoms with van der Waals surface area (Å²) < 4.78 is 14.8. The van der Waals surface area contributed by atoms with Crippen molar-refractivity contribution in [2.24, 2.45) is 7.05 Å². The number of aryl methyl sites for hydroxylation is 2. The van der Waals surface area contributed by atoms with Gasteiger partial charge >= 0.3 is 0 Å². The molecule has 0 saturated carbocycles. The number of hydrogen-bond donors (Lipinski definition) is 0. The van der Waals surface area contributed by atoms with Crippen molar-refractivity contribution in [3.05, 3.63) is 29.4 Å². The zero-order chi connectivity index (χ0) is 10.8. The lowest BCUT2D eigenvalue weighted by molar-refractivity contribution is 0.259. The quantitative estimate of drug-likeness (QED) is 0.740. The summed E-state index contributed by atoms with van der Waals surface area (Å²) in [7, 11) is 1.91. The molecule has 2 rings (SSSR count). The number of nitrogens with zero attached hydrogens (tertiary/aromatic N) is 3. The fraction of sp³-hybridized carbons (Fsp3) is 0.545. The van der Waals surface area contributed by atoms with Crippen LogP contribution >= 0.6 is 0 Å². The average Bonchev–Trinajstić information content (AvgIpc) is 2.45. The molecule has 1 aromatic heterocycles. The minimum atomic E-state index is -0.0113. The molecule has 4 heteroatoms. The molecule has 0 fully saturated rings. The summed E-state index contributed by atoms with van der Waals surface area (Å²) >= 11 is 0. The summed E-state index contributed by atoms with van der Waals surface area (Å²) in [5.41, 5.74) is 2.22. The van der Waals surface area contributed by atoms with Crippen LogP contribution in [0.5, 0.6) is 0 Å². The second-order valence-corrected chi connectivity index (χ2v) is 4.06. The minimum Gasteiger partial charge on any atom is -0.292 e. The lowest BCUT2D eigenvalue weighted by Crippen LogP contribution is -2.28. The van der Waals surface area contributed by atoms with E-state index in [-0.39, 0.29) is 5.83 Å². The van der Waals surface area contributed by atoms with Crippen molar-refractivity contribution in [3.63, 3.8) is 0 Å². The van der Waals surface area contributed by atoms with E-state index < -0.39 is 0 Å². The molecule has 2 heterocycles. The van der Waals surface area contributed by atoms with Gasteiger partial charge in [-0.2, -0.15) is 5.10 Å². The maximum atomic E-state index is 13.0. The molecule has 0 atom stereocenters. The first kappa shape index (κ1) is 10.4. The molecular formula is C11H16FN3. The van der Waals surface area contributed by atoms with Crippen molar-refractivity contribution in [2.45, 2.75) is 19.9 Å². The lowest BCUT2D eigenvalue weighted by atomic mass is 10.2. The van der Waals surface area contributed by atoms with E-state index in [9.17, 15) is 4.39 Å². The second-order valence-electron chi connectivity index (χ2n) is 4.06. The Hall–Kier alpha value is -1.16. The summed E-state index contributed by atoms with van der Waals surface area (Å²) in [6.45, 7) is 4.16. The Morgan fingerprint density at radius 1 is 1.53 bits per heavy atom. The normalized spacial score (nSPS) is 17.9. The Morgan fingerprint density at radius 2 is 2.33 bits per heavy atom.